The zero-order chi connectivity index (χ0) is 17.0. The van der Waals surface area contributed by atoms with Gasteiger partial charge in [-0.1, -0.05) is 12.1 Å². The Labute approximate surface area is 132 Å². The van der Waals surface area contributed by atoms with Crippen LogP contribution in [0.4, 0.5) is 34.6 Å². The highest BCUT2D eigenvalue weighted by atomic mass is 19.2. The molecule has 0 spiro atoms. The van der Waals surface area contributed by atoms with E-state index in [4.69, 9.17) is 4.42 Å². The molecule has 1 aliphatic rings. The van der Waals surface area contributed by atoms with Crippen LogP contribution in [0.15, 0.2) is 34.9 Å². The molecule has 0 N–H and O–H groups in total. The van der Waals surface area contributed by atoms with Gasteiger partial charge in [0, 0.05) is 0 Å². The number of benzene rings is 2. The van der Waals surface area contributed by atoms with E-state index >= 15 is 0 Å². The summed E-state index contributed by atoms with van der Waals surface area (Å²) < 4.78 is 59.9. The highest BCUT2D eigenvalue weighted by Crippen LogP contribution is 2.44. The Bertz CT molecular complexity index is 1020. The van der Waals surface area contributed by atoms with Gasteiger partial charge in [0.25, 0.3) is 0 Å². The number of anilines is 3. The SMILES string of the molecule is N#CN1CN(c2coc3c(F)c(F)c(F)c(F)c23)c2ccccc21. The molecule has 4 rings (SSSR count). The first-order chi connectivity index (χ1) is 11.5. The van der Waals surface area contributed by atoms with E-state index in [9.17, 15) is 22.8 Å². The number of furan rings is 1. The van der Waals surface area contributed by atoms with Gasteiger partial charge in [0.15, 0.2) is 23.4 Å². The molecule has 0 bridgehead atoms. The lowest BCUT2D eigenvalue weighted by molar-refractivity contribution is 0.410. The van der Waals surface area contributed by atoms with Gasteiger partial charge >= 0.3 is 0 Å². The van der Waals surface area contributed by atoms with Gasteiger partial charge in [-0.2, -0.15) is 9.65 Å². The third-order valence-electron chi connectivity index (χ3n) is 3.93. The van der Waals surface area contributed by atoms with E-state index in [1.807, 2.05) is 6.19 Å². The summed E-state index contributed by atoms with van der Waals surface area (Å²) in [5.41, 5.74) is 0.379. The molecule has 0 unspecified atom stereocenters. The van der Waals surface area contributed by atoms with E-state index in [1.165, 1.54) is 9.80 Å². The maximum absolute atomic E-state index is 14.2. The predicted molar refractivity (Wildman–Crippen MR) is 77.6 cm³/mol. The molecule has 3 aromatic rings. The number of rotatable bonds is 1. The van der Waals surface area contributed by atoms with Crippen LogP contribution in [0.5, 0.6) is 0 Å². The molecule has 0 radical (unpaired) electrons. The third kappa shape index (κ3) is 1.72. The average Bonchev–Trinajstić information content (AvgIpc) is 3.19. The van der Waals surface area contributed by atoms with Crippen LogP contribution < -0.4 is 9.80 Å². The summed E-state index contributed by atoms with van der Waals surface area (Å²) in [5.74, 6) is -6.98. The van der Waals surface area contributed by atoms with Crippen molar-refractivity contribution in [2.24, 2.45) is 0 Å². The molecule has 0 amide bonds. The van der Waals surface area contributed by atoms with E-state index in [-0.39, 0.29) is 12.4 Å². The molecule has 1 aliphatic heterocycles. The lowest BCUT2D eigenvalue weighted by atomic mass is 10.2. The molecule has 4 nitrogen and oxygen atoms in total. The first kappa shape index (κ1) is 14.4. The van der Waals surface area contributed by atoms with Crippen molar-refractivity contribution in [1.82, 2.24) is 0 Å². The Kier molecular flexibility index (Phi) is 2.93. The van der Waals surface area contributed by atoms with E-state index in [2.05, 4.69) is 0 Å². The molecule has 2 heterocycles. The minimum absolute atomic E-state index is 0.00450. The topological polar surface area (TPSA) is 43.4 Å². The highest BCUT2D eigenvalue weighted by molar-refractivity contribution is 5.97. The lowest BCUT2D eigenvalue weighted by Crippen LogP contribution is -2.23. The maximum atomic E-state index is 14.2. The minimum Gasteiger partial charge on any atom is -0.459 e. The Morgan fingerprint density at radius 2 is 1.58 bits per heavy atom. The molecular weight excluding hydrogens is 326 g/mol. The van der Waals surface area contributed by atoms with Gasteiger partial charge in [-0.15, -0.1) is 0 Å². The maximum Gasteiger partial charge on any atom is 0.205 e. The first-order valence-electron chi connectivity index (χ1n) is 6.81. The van der Waals surface area contributed by atoms with Crippen molar-refractivity contribution in [2.45, 2.75) is 0 Å². The Balaban J connectivity index is 1.98. The van der Waals surface area contributed by atoms with Crippen LogP contribution >= 0.6 is 0 Å². The quantitative estimate of drug-likeness (QED) is 0.287. The van der Waals surface area contributed by atoms with Gasteiger partial charge in [0.1, 0.15) is 12.9 Å². The van der Waals surface area contributed by atoms with E-state index in [1.54, 1.807) is 24.3 Å². The molecule has 120 valence electrons. The number of nitrogens with zero attached hydrogens (tertiary/aromatic N) is 3. The second kappa shape index (κ2) is 4.89. The summed E-state index contributed by atoms with van der Waals surface area (Å²) in [6.45, 7) is 0.00450. The molecular formula is C16H7F4N3O. The zero-order valence-electron chi connectivity index (χ0n) is 11.9. The molecule has 0 saturated carbocycles. The number of hydrogen-bond acceptors (Lipinski definition) is 4. The smallest absolute Gasteiger partial charge is 0.205 e. The number of hydrogen-bond donors (Lipinski definition) is 0. The summed E-state index contributed by atoms with van der Waals surface area (Å²) in [7, 11) is 0. The molecule has 1 aromatic heterocycles. The van der Waals surface area contributed by atoms with Crippen LogP contribution in [0.25, 0.3) is 11.0 Å². The average molecular weight is 333 g/mol. The van der Waals surface area contributed by atoms with Gasteiger partial charge in [-0.25, -0.2) is 13.2 Å². The van der Waals surface area contributed by atoms with Crippen LogP contribution in [0.3, 0.4) is 0 Å². The second-order valence-corrected chi connectivity index (χ2v) is 5.17. The van der Waals surface area contributed by atoms with Gasteiger partial charge in [-0.3, -0.25) is 4.90 Å². The fourth-order valence-electron chi connectivity index (χ4n) is 2.83. The molecule has 0 saturated heterocycles. The van der Waals surface area contributed by atoms with Crippen molar-refractivity contribution >= 4 is 28.0 Å². The van der Waals surface area contributed by atoms with Crippen molar-refractivity contribution in [3.8, 4) is 6.19 Å². The lowest BCUT2D eigenvalue weighted by Gasteiger charge is -2.17. The predicted octanol–water partition coefficient (Wildman–Crippen LogP) is 4.39. The van der Waals surface area contributed by atoms with Crippen LogP contribution in [-0.2, 0) is 0 Å². The van der Waals surface area contributed by atoms with Crippen molar-refractivity contribution < 1.29 is 22.0 Å². The molecule has 0 atom stereocenters. The standard InChI is InChI=1S/C16H7F4N3O/c17-12-11-10(5-24-16(11)15(20)14(19)13(12)18)23-7-22(6-21)8-3-1-2-4-9(8)23/h1-5H,7H2. The van der Waals surface area contributed by atoms with Crippen LogP contribution in [0.2, 0.25) is 0 Å². The Morgan fingerprint density at radius 1 is 0.917 bits per heavy atom. The molecule has 2 aromatic carbocycles. The van der Waals surface area contributed by atoms with Crippen molar-refractivity contribution in [3.63, 3.8) is 0 Å². The van der Waals surface area contributed by atoms with Crippen molar-refractivity contribution in [2.75, 3.05) is 16.5 Å². The third-order valence-corrected chi connectivity index (χ3v) is 3.93. The summed E-state index contributed by atoms with van der Waals surface area (Å²) in [6.07, 6.45) is 2.97. The highest BCUT2D eigenvalue weighted by Gasteiger charge is 2.32. The second-order valence-electron chi connectivity index (χ2n) is 5.17. The molecule has 0 fully saturated rings. The normalized spacial score (nSPS) is 13.5. The summed E-state index contributed by atoms with van der Waals surface area (Å²) >= 11 is 0. The summed E-state index contributed by atoms with van der Waals surface area (Å²) in [5, 5.41) is 8.69. The van der Waals surface area contributed by atoms with Crippen LogP contribution in [-0.4, -0.2) is 6.67 Å². The largest absolute Gasteiger partial charge is 0.459 e. The molecule has 8 heteroatoms. The van der Waals surface area contributed by atoms with E-state index in [0.717, 1.165) is 6.26 Å². The Morgan fingerprint density at radius 3 is 2.29 bits per heavy atom. The fraction of sp³-hybridized carbons (Fsp3) is 0.0625. The van der Waals surface area contributed by atoms with E-state index in [0.29, 0.717) is 11.4 Å². The summed E-state index contributed by atoms with van der Waals surface area (Å²) in [6, 6.07) is 6.76. The number of nitriles is 1. The number of para-hydroxylation sites is 2. The minimum atomic E-state index is -1.93. The van der Waals surface area contributed by atoms with Crippen LogP contribution in [0.1, 0.15) is 0 Å². The summed E-state index contributed by atoms with van der Waals surface area (Å²) in [4.78, 5) is 2.78. The number of fused-ring (bicyclic) bond motifs is 2. The molecule has 0 aliphatic carbocycles. The van der Waals surface area contributed by atoms with Crippen LogP contribution in [0, 0.1) is 34.7 Å². The fourth-order valence-corrected chi connectivity index (χ4v) is 2.83. The van der Waals surface area contributed by atoms with Crippen molar-refractivity contribution in [3.05, 3.63) is 53.8 Å². The zero-order valence-corrected chi connectivity index (χ0v) is 11.9. The number of halogens is 4. The first-order valence-corrected chi connectivity index (χ1v) is 6.81. The molecule has 24 heavy (non-hydrogen) atoms. The Hall–Kier alpha value is -3.21. The van der Waals surface area contributed by atoms with Crippen molar-refractivity contribution in [1.29, 1.82) is 5.26 Å². The van der Waals surface area contributed by atoms with Gasteiger partial charge < -0.3 is 9.32 Å². The van der Waals surface area contributed by atoms with Gasteiger partial charge in [-0.05, 0) is 12.1 Å². The van der Waals surface area contributed by atoms with Gasteiger partial charge in [0.2, 0.25) is 11.6 Å². The monoisotopic (exact) mass is 333 g/mol. The van der Waals surface area contributed by atoms with Gasteiger partial charge in [0.05, 0.1) is 22.4 Å². The van der Waals surface area contributed by atoms with E-state index < -0.39 is 34.2 Å².